The van der Waals surface area contributed by atoms with Crippen molar-refractivity contribution in [3.8, 4) is 0 Å². The zero-order valence-corrected chi connectivity index (χ0v) is 16.9. The fraction of sp³-hybridized carbons (Fsp3) is 0.308. The second-order valence-corrected chi connectivity index (χ2v) is 8.57. The van der Waals surface area contributed by atoms with Crippen LogP contribution < -0.4 is 0 Å². The molecule has 0 aliphatic rings. The number of rotatable bonds is 4. The lowest BCUT2D eigenvalue weighted by Crippen LogP contribution is -2.23. The number of hydrogen-bond acceptors (Lipinski definition) is 0. The second-order valence-electron chi connectivity index (χ2n) is 8.57. The van der Waals surface area contributed by atoms with Gasteiger partial charge >= 0.3 is 0 Å². The van der Waals surface area contributed by atoms with Crippen molar-refractivity contribution >= 4 is 0 Å². The van der Waals surface area contributed by atoms with E-state index in [1.54, 1.807) is 0 Å². The Kier molecular flexibility index (Phi) is 4.80. The number of hydrogen-bond donors (Lipinski definition) is 0. The third kappa shape index (κ3) is 3.46. The van der Waals surface area contributed by atoms with Crippen LogP contribution in [-0.2, 0) is 10.8 Å². The van der Waals surface area contributed by atoms with Gasteiger partial charge in [-0.2, -0.15) is 0 Å². The highest BCUT2D eigenvalue weighted by Crippen LogP contribution is 2.37. The topological polar surface area (TPSA) is 0 Å². The minimum absolute atomic E-state index is 0.0214. The minimum atomic E-state index is -0.0224. The standard InChI is InChI=1S/C26H30/c1-19-13-15-21(16-14-19)25(3,4)23-11-8-12-24(18-23)26(5,6)22-10-7-9-20(2)17-22/h7-18H,1-6H3. The molecule has 0 unspecified atom stereocenters. The number of benzene rings is 3. The molecule has 0 aliphatic carbocycles. The van der Waals surface area contributed by atoms with Gasteiger partial charge in [-0.05, 0) is 36.1 Å². The van der Waals surface area contributed by atoms with Crippen LogP contribution in [0.2, 0.25) is 0 Å². The molecule has 134 valence electrons. The first-order valence-electron chi connectivity index (χ1n) is 9.46. The lowest BCUT2D eigenvalue weighted by Gasteiger charge is -2.31. The van der Waals surface area contributed by atoms with Gasteiger partial charge in [-0.1, -0.05) is 112 Å². The zero-order valence-electron chi connectivity index (χ0n) is 16.9. The van der Waals surface area contributed by atoms with E-state index in [1.807, 2.05) is 0 Å². The summed E-state index contributed by atoms with van der Waals surface area (Å²) < 4.78 is 0. The molecule has 26 heavy (non-hydrogen) atoms. The van der Waals surface area contributed by atoms with E-state index in [-0.39, 0.29) is 10.8 Å². The van der Waals surface area contributed by atoms with Gasteiger partial charge in [-0.15, -0.1) is 0 Å². The van der Waals surface area contributed by atoms with E-state index < -0.39 is 0 Å². The molecule has 0 heterocycles. The summed E-state index contributed by atoms with van der Waals surface area (Å²) in [6.45, 7) is 13.6. The van der Waals surface area contributed by atoms with Crippen LogP contribution in [0, 0.1) is 13.8 Å². The van der Waals surface area contributed by atoms with E-state index in [0.29, 0.717) is 0 Å². The Morgan fingerprint density at radius 1 is 0.462 bits per heavy atom. The average Bonchev–Trinajstić information content (AvgIpc) is 2.62. The van der Waals surface area contributed by atoms with Crippen molar-refractivity contribution in [2.75, 3.05) is 0 Å². The molecule has 3 aromatic carbocycles. The normalized spacial score (nSPS) is 12.2. The first-order valence-corrected chi connectivity index (χ1v) is 9.46. The van der Waals surface area contributed by atoms with Crippen molar-refractivity contribution in [2.24, 2.45) is 0 Å². The molecule has 0 bridgehead atoms. The summed E-state index contributed by atoms with van der Waals surface area (Å²) in [4.78, 5) is 0. The average molecular weight is 343 g/mol. The molecule has 0 aromatic heterocycles. The van der Waals surface area contributed by atoms with E-state index in [0.717, 1.165) is 0 Å². The van der Waals surface area contributed by atoms with Crippen molar-refractivity contribution < 1.29 is 0 Å². The summed E-state index contributed by atoms with van der Waals surface area (Å²) >= 11 is 0. The number of aryl methyl sites for hydroxylation is 2. The van der Waals surface area contributed by atoms with Gasteiger partial charge in [0.1, 0.15) is 0 Å². The Labute approximate surface area is 158 Å². The summed E-state index contributed by atoms with van der Waals surface area (Å²) in [7, 11) is 0. The Morgan fingerprint density at radius 2 is 0.923 bits per heavy atom. The first-order chi connectivity index (χ1) is 12.2. The Bertz CT molecular complexity index is 895. The lowest BCUT2D eigenvalue weighted by atomic mass is 9.73. The predicted octanol–water partition coefficient (Wildman–Crippen LogP) is 6.96. The molecule has 0 radical (unpaired) electrons. The molecule has 0 spiro atoms. The molecule has 0 amide bonds. The Morgan fingerprint density at radius 3 is 1.46 bits per heavy atom. The molecule has 0 fully saturated rings. The fourth-order valence-corrected chi connectivity index (χ4v) is 3.63. The highest BCUT2D eigenvalue weighted by atomic mass is 14.3. The van der Waals surface area contributed by atoms with E-state index in [9.17, 15) is 0 Å². The molecule has 0 heteroatoms. The molecule has 3 rings (SSSR count). The quantitative estimate of drug-likeness (QED) is 0.481. The summed E-state index contributed by atoms with van der Waals surface area (Å²) in [6.07, 6.45) is 0. The molecule has 0 N–H and O–H groups in total. The van der Waals surface area contributed by atoms with Gasteiger partial charge in [0, 0.05) is 10.8 Å². The molecular formula is C26H30. The predicted molar refractivity (Wildman–Crippen MR) is 113 cm³/mol. The van der Waals surface area contributed by atoms with Gasteiger partial charge in [0.05, 0.1) is 0 Å². The highest BCUT2D eigenvalue weighted by molar-refractivity contribution is 5.45. The van der Waals surface area contributed by atoms with Crippen LogP contribution >= 0.6 is 0 Å². The van der Waals surface area contributed by atoms with E-state index in [2.05, 4.69) is 114 Å². The van der Waals surface area contributed by atoms with Crippen molar-refractivity contribution in [2.45, 2.75) is 52.4 Å². The summed E-state index contributed by atoms with van der Waals surface area (Å²) in [5.74, 6) is 0. The summed E-state index contributed by atoms with van der Waals surface area (Å²) in [5.41, 5.74) is 8.01. The van der Waals surface area contributed by atoms with Gasteiger partial charge in [-0.3, -0.25) is 0 Å². The van der Waals surface area contributed by atoms with Crippen LogP contribution in [0.25, 0.3) is 0 Å². The van der Waals surface area contributed by atoms with Crippen LogP contribution in [0.5, 0.6) is 0 Å². The summed E-state index contributed by atoms with van der Waals surface area (Å²) in [6, 6.07) is 26.9. The first kappa shape index (κ1) is 18.5. The van der Waals surface area contributed by atoms with Crippen LogP contribution in [0.15, 0.2) is 72.8 Å². The summed E-state index contributed by atoms with van der Waals surface area (Å²) in [5, 5.41) is 0. The van der Waals surface area contributed by atoms with E-state index in [4.69, 9.17) is 0 Å². The van der Waals surface area contributed by atoms with Crippen LogP contribution in [0.1, 0.15) is 61.1 Å². The molecule has 3 aromatic rings. The van der Waals surface area contributed by atoms with Crippen molar-refractivity contribution in [1.82, 2.24) is 0 Å². The molecule has 0 saturated carbocycles. The molecule has 0 aliphatic heterocycles. The maximum atomic E-state index is 2.39. The third-order valence-corrected chi connectivity index (χ3v) is 5.82. The zero-order chi connectivity index (χ0) is 18.9. The fourth-order valence-electron chi connectivity index (χ4n) is 3.63. The van der Waals surface area contributed by atoms with Crippen molar-refractivity contribution in [3.63, 3.8) is 0 Å². The van der Waals surface area contributed by atoms with Gasteiger partial charge < -0.3 is 0 Å². The smallest absolute Gasteiger partial charge is 0.0146 e. The van der Waals surface area contributed by atoms with Crippen LogP contribution in [0.3, 0.4) is 0 Å². The maximum absolute atomic E-state index is 2.39. The highest BCUT2D eigenvalue weighted by Gasteiger charge is 2.27. The molecular weight excluding hydrogens is 312 g/mol. The van der Waals surface area contributed by atoms with Crippen LogP contribution in [0.4, 0.5) is 0 Å². The largest absolute Gasteiger partial charge is 0.0617 e. The molecule has 0 nitrogen and oxygen atoms in total. The molecule has 0 atom stereocenters. The minimum Gasteiger partial charge on any atom is -0.0617 e. The van der Waals surface area contributed by atoms with Gasteiger partial charge in [0.25, 0.3) is 0 Å². The SMILES string of the molecule is Cc1ccc(C(C)(C)c2cccc(C(C)(C)c3cccc(C)c3)c2)cc1. The van der Waals surface area contributed by atoms with Crippen LogP contribution in [-0.4, -0.2) is 0 Å². The van der Waals surface area contributed by atoms with Crippen molar-refractivity contribution in [1.29, 1.82) is 0 Å². The van der Waals surface area contributed by atoms with E-state index >= 15 is 0 Å². The Hall–Kier alpha value is -2.34. The van der Waals surface area contributed by atoms with Gasteiger partial charge in [0.15, 0.2) is 0 Å². The second kappa shape index (κ2) is 6.76. The monoisotopic (exact) mass is 342 g/mol. The van der Waals surface area contributed by atoms with E-state index in [1.165, 1.54) is 33.4 Å². The van der Waals surface area contributed by atoms with Gasteiger partial charge in [0.2, 0.25) is 0 Å². The van der Waals surface area contributed by atoms with Crippen molar-refractivity contribution in [3.05, 3.63) is 106 Å². The third-order valence-electron chi connectivity index (χ3n) is 5.82. The maximum Gasteiger partial charge on any atom is 0.0146 e. The Balaban J connectivity index is 2.04. The molecule has 0 saturated heterocycles. The lowest BCUT2D eigenvalue weighted by molar-refractivity contribution is 0.617. The van der Waals surface area contributed by atoms with Gasteiger partial charge in [-0.25, -0.2) is 0 Å².